The Morgan fingerprint density at radius 1 is 1.37 bits per heavy atom. The van der Waals surface area contributed by atoms with Crippen molar-refractivity contribution in [1.82, 2.24) is 9.55 Å². The average Bonchev–Trinajstić information content (AvgIpc) is 3.13. The van der Waals surface area contributed by atoms with E-state index < -0.39 is 0 Å². The normalized spacial score (nSPS) is 29.2. The predicted octanol–water partition coefficient (Wildman–Crippen LogP) is 3.29. The van der Waals surface area contributed by atoms with Crippen LogP contribution < -0.4 is 0 Å². The van der Waals surface area contributed by atoms with Gasteiger partial charge < -0.3 is 4.57 Å². The van der Waals surface area contributed by atoms with Gasteiger partial charge in [-0.3, -0.25) is 4.79 Å². The molecule has 2 aliphatic rings. The maximum absolute atomic E-state index is 11.2. The van der Waals surface area contributed by atoms with Crippen molar-refractivity contribution in [2.45, 2.75) is 32.2 Å². The van der Waals surface area contributed by atoms with E-state index >= 15 is 0 Å². The molecule has 2 bridgehead atoms. The Hall–Kier alpha value is -1.64. The highest BCUT2D eigenvalue weighted by molar-refractivity contribution is 5.95. The molecule has 2 aromatic heterocycles. The van der Waals surface area contributed by atoms with Crippen molar-refractivity contribution in [3.05, 3.63) is 30.1 Å². The molecule has 98 valence electrons. The SMILES string of the molecule is O=Cc1cn(CC2CC3CCC2C3)c2ncccc12. The highest BCUT2D eigenvalue weighted by Gasteiger charge is 2.39. The van der Waals surface area contributed by atoms with Crippen molar-refractivity contribution in [2.24, 2.45) is 17.8 Å². The third-order valence-electron chi connectivity index (χ3n) is 5.11. The summed E-state index contributed by atoms with van der Waals surface area (Å²) in [6, 6.07) is 3.89. The van der Waals surface area contributed by atoms with E-state index in [0.29, 0.717) is 0 Å². The Bertz CT molecular complexity index is 631. The summed E-state index contributed by atoms with van der Waals surface area (Å²) < 4.78 is 2.20. The van der Waals surface area contributed by atoms with Gasteiger partial charge >= 0.3 is 0 Å². The van der Waals surface area contributed by atoms with Gasteiger partial charge in [-0.25, -0.2) is 4.98 Å². The molecule has 0 aromatic carbocycles. The second-order valence-corrected chi connectivity index (χ2v) is 6.16. The van der Waals surface area contributed by atoms with Crippen LogP contribution in [0.5, 0.6) is 0 Å². The maximum atomic E-state index is 11.2. The minimum Gasteiger partial charge on any atom is -0.331 e. The molecule has 3 unspecified atom stereocenters. The Kier molecular flexibility index (Phi) is 2.47. The van der Waals surface area contributed by atoms with Crippen LogP contribution in [-0.2, 0) is 6.54 Å². The van der Waals surface area contributed by atoms with E-state index in [1.54, 1.807) is 0 Å². The minimum absolute atomic E-state index is 0.770. The lowest BCUT2D eigenvalue weighted by Crippen LogP contribution is -2.17. The Morgan fingerprint density at radius 2 is 2.32 bits per heavy atom. The lowest BCUT2D eigenvalue weighted by Gasteiger charge is -2.22. The molecular weight excluding hydrogens is 236 g/mol. The number of carbonyl (C=O) groups is 1. The van der Waals surface area contributed by atoms with E-state index in [0.717, 1.165) is 47.2 Å². The molecule has 0 N–H and O–H groups in total. The minimum atomic E-state index is 0.770. The molecule has 3 atom stereocenters. The number of hydrogen-bond acceptors (Lipinski definition) is 2. The van der Waals surface area contributed by atoms with E-state index in [1.165, 1.54) is 25.7 Å². The highest BCUT2D eigenvalue weighted by Crippen LogP contribution is 2.49. The van der Waals surface area contributed by atoms with E-state index in [2.05, 4.69) is 9.55 Å². The third kappa shape index (κ3) is 1.71. The molecule has 0 saturated heterocycles. The summed E-state index contributed by atoms with van der Waals surface area (Å²) in [7, 11) is 0. The van der Waals surface area contributed by atoms with Crippen molar-refractivity contribution < 1.29 is 4.79 Å². The van der Waals surface area contributed by atoms with Crippen LogP contribution in [-0.4, -0.2) is 15.8 Å². The van der Waals surface area contributed by atoms with Gasteiger partial charge in [0.05, 0.1) is 0 Å². The number of hydrogen-bond donors (Lipinski definition) is 0. The lowest BCUT2D eigenvalue weighted by molar-refractivity contribution is 0.112. The maximum Gasteiger partial charge on any atom is 0.152 e. The van der Waals surface area contributed by atoms with Gasteiger partial charge in [0, 0.05) is 29.9 Å². The fourth-order valence-corrected chi connectivity index (χ4v) is 4.24. The zero-order valence-corrected chi connectivity index (χ0v) is 11.0. The fourth-order valence-electron chi connectivity index (χ4n) is 4.24. The topological polar surface area (TPSA) is 34.9 Å². The Morgan fingerprint density at radius 3 is 3.05 bits per heavy atom. The van der Waals surface area contributed by atoms with Gasteiger partial charge in [-0.1, -0.05) is 6.42 Å². The van der Waals surface area contributed by atoms with Crippen LogP contribution >= 0.6 is 0 Å². The summed E-state index contributed by atoms with van der Waals surface area (Å²) >= 11 is 0. The first-order chi connectivity index (χ1) is 9.35. The smallest absolute Gasteiger partial charge is 0.152 e. The average molecular weight is 254 g/mol. The van der Waals surface area contributed by atoms with Gasteiger partial charge in [-0.05, 0) is 49.1 Å². The quantitative estimate of drug-likeness (QED) is 0.788. The van der Waals surface area contributed by atoms with Crippen molar-refractivity contribution in [3.8, 4) is 0 Å². The summed E-state index contributed by atoms with van der Waals surface area (Å²) in [4.78, 5) is 15.6. The van der Waals surface area contributed by atoms with Crippen LogP contribution in [0.3, 0.4) is 0 Å². The summed E-state index contributed by atoms with van der Waals surface area (Å²) in [5.41, 5.74) is 1.73. The molecule has 2 aliphatic carbocycles. The first-order valence-electron chi connectivity index (χ1n) is 7.24. The molecule has 2 saturated carbocycles. The molecule has 2 aromatic rings. The molecule has 0 amide bonds. The van der Waals surface area contributed by atoms with E-state index in [1.807, 2.05) is 24.5 Å². The van der Waals surface area contributed by atoms with Gasteiger partial charge in [0.1, 0.15) is 5.65 Å². The first kappa shape index (κ1) is 11.2. The standard InChI is InChI=1S/C16H18N2O/c19-10-14-9-18(16-15(14)2-1-5-17-16)8-13-7-11-3-4-12(13)6-11/h1-2,5,9-13H,3-4,6-8H2. The molecule has 0 radical (unpaired) electrons. The summed E-state index contributed by atoms with van der Waals surface area (Å²) in [5, 5.41) is 0.987. The monoisotopic (exact) mass is 254 g/mol. The molecule has 2 fully saturated rings. The Labute approximate surface area is 112 Å². The van der Waals surface area contributed by atoms with Crippen LogP contribution in [0.4, 0.5) is 0 Å². The van der Waals surface area contributed by atoms with E-state index in [4.69, 9.17) is 0 Å². The molecule has 3 nitrogen and oxygen atoms in total. The van der Waals surface area contributed by atoms with Crippen LogP contribution in [0.15, 0.2) is 24.5 Å². The number of nitrogens with zero attached hydrogens (tertiary/aromatic N) is 2. The molecule has 4 rings (SSSR count). The number of rotatable bonds is 3. The summed E-state index contributed by atoms with van der Waals surface area (Å²) in [6.45, 7) is 1.03. The lowest BCUT2D eigenvalue weighted by atomic mass is 9.89. The first-order valence-corrected chi connectivity index (χ1v) is 7.24. The van der Waals surface area contributed by atoms with Crippen LogP contribution in [0.25, 0.3) is 11.0 Å². The second-order valence-electron chi connectivity index (χ2n) is 6.16. The zero-order valence-electron chi connectivity index (χ0n) is 11.0. The number of fused-ring (bicyclic) bond motifs is 3. The molecular formula is C16H18N2O. The molecule has 2 heterocycles. The van der Waals surface area contributed by atoms with Crippen molar-refractivity contribution in [1.29, 1.82) is 0 Å². The molecule has 3 heteroatoms. The van der Waals surface area contributed by atoms with Gasteiger partial charge in [-0.2, -0.15) is 0 Å². The van der Waals surface area contributed by atoms with Crippen LogP contribution in [0.1, 0.15) is 36.0 Å². The number of carbonyl (C=O) groups excluding carboxylic acids is 1. The molecule has 0 aliphatic heterocycles. The summed E-state index contributed by atoms with van der Waals surface area (Å²) in [6.07, 6.45) is 10.4. The third-order valence-corrected chi connectivity index (χ3v) is 5.11. The van der Waals surface area contributed by atoms with E-state index in [-0.39, 0.29) is 0 Å². The van der Waals surface area contributed by atoms with Gasteiger partial charge in [0.2, 0.25) is 0 Å². The van der Waals surface area contributed by atoms with Crippen molar-refractivity contribution >= 4 is 17.3 Å². The molecule has 19 heavy (non-hydrogen) atoms. The van der Waals surface area contributed by atoms with E-state index in [9.17, 15) is 4.79 Å². The molecule has 0 spiro atoms. The highest BCUT2D eigenvalue weighted by atomic mass is 16.1. The fraction of sp³-hybridized carbons (Fsp3) is 0.500. The number of aldehydes is 1. The predicted molar refractivity (Wildman–Crippen MR) is 74.1 cm³/mol. The van der Waals surface area contributed by atoms with Crippen LogP contribution in [0.2, 0.25) is 0 Å². The van der Waals surface area contributed by atoms with Crippen molar-refractivity contribution in [2.75, 3.05) is 0 Å². The van der Waals surface area contributed by atoms with Gasteiger partial charge in [0.25, 0.3) is 0 Å². The summed E-state index contributed by atoms with van der Waals surface area (Å²) in [5.74, 6) is 2.66. The van der Waals surface area contributed by atoms with Gasteiger partial charge in [0.15, 0.2) is 6.29 Å². The zero-order chi connectivity index (χ0) is 12.8. The number of aromatic nitrogens is 2. The van der Waals surface area contributed by atoms with Gasteiger partial charge in [-0.15, -0.1) is 0 Å². The second kappa shape index (κ2) is 4.19. The van der Waals surface area contributed by atoms with Crippen molar-refractivity contribution in [3.63, 3.8) is 0 Å². The van der Waals surface area contributed by atoms with Crippen LogP contribution in [0, 0.1) is 17.8 Å². The Balaban J connectivity index is 1.69. The number of pyridine rings is 1. The largest absolute Gasteiger partial charge is 0.331 e.